The van der Waals surface area contributed by atoms with Crippen LogP contribution in [0.25, 0.3) is 0 Å². The highest BCUT2D eigenvalue weighted by Gasteiger charge is 2.36. The van der Waals surface area contributed by atoms with Crippen LogP contribution in [0.2, 0.25) is 10.0 Å². The van der Waals surface area contributed by atoms with Crippen LogP contribution in [0.1, 0.15) is 63.5 Å². The molecule has 0 spiro atoms. The van der Waals surface area contributed by atoms with Gasteiger partial charge in [0, 0.05) is 19.5 Å². The number of nitriles is 1. The molecular formula is C28H33Cl2N3O2. The van der Waals surface area contributed by atoms with Crippen molar-refractivity contribution in [3.63, 3.8) is 0 Å². The van der Waals surface area contributed by atoms with Crippen LogP contribution >= 0.6 is 23.2 Å². The third-order valence-corrected chi connectivity index (χ3v) is 7.75. The largest absolute Gasteiger partial charge is 0.350 e. The fourth-order valence-electron chi connectivity index (χ4n) is 4.87. The number of carbonyl (C=O) groups excluding carboxylic acids is 2. The van der Waals surface area contributed by atoms with Crippen molar-refractivity contribution >= 4 is 35.0 Å². The van der Waals surface area contributed by atoms with E-state index in [2.05, 4.69) is 25.2 Å². The van der Waals surface area contributed by atoms with Crippen molar-refractivity contribution in [3.8, 4) is 6.07 Å². The molecule has 2 atom stereocenters. The zero-order valence-corrected chi connectivity index (χ0v) is 21.9. The Bertz CT molecular complexity index is 1070. The lowest BCUT2D eigenvalue weighted by molar-refractivity contribution is -0.138. The minimum absolute atomic E-state index is 0.00371. The van der Waals surface area contributed by atoms with Gasteiger partial charge in [-0.15, -0.1) is 0 Å². The van der Waals surface area contributed by atoms with Crippen molar-refractivity contribution in [3.05, 3.63) is 69.7 Å². The summed E-state index contributed by atoms with van der Waals surface area (Å²) in [5.74, 6) is 0.0195. The lowest BCUT2D eigenvalue weighted by Crippen LogP contribution is -2.45. The monoisotopic (exact) mass is 513 g/mol. The first-order valence-corrected chi connectivity index (χ1v) is 13.0. The van der Waals surface area contributed by atoms with Crippen LogP contribution in [0.5, 0.6) is 0 Å². The van der Waals surface area contributed by atoms with Gasteiger partial charge in [-0.25, -0.2) is 0 Å². The first kappa shape index (κ1) is 27.0. The lowest BCUT2D eigenvalue weighted by Gasteiger charge is -2.31. The molecule has 2 amide bonds. The molecule has 1 unspecified atom stereocenters. The molecule has 0 radical (unpaired) electrons. The van der Waals surface area contributed by atoms with Crippen molar-refractivity contribution < 1.29 is 9.59 Å². The summed E-state index contributed by atoms with van der Waals surface area (Å²) >= 11 is 12.0. The summed E-state index contributed by atoms with van der Waals surface area (Å²) in [5, 5.41) is 13.9. The molecule has 0 bridgehead atoms. The van der Waals surface area contributed by atoms with E-state index >= 15 is 0 Å². The van der Waals surface area contributed by atoms with Crippen LogP contribution in [-0.4, -0.2) is 29.3 Å². The maximum atomic E-state index is 13.0. The summed E-state index contributed by atoms with van der Waals surface area (Å²) in [6.07, 6.45) is 4.02. The summed E-state index contributed by atoms with van der Waals surface area (Å²) in [4.78, 5) is 27.5. The van der Waals surface area contributed by atoms with Gasteiger partial charge in [-0.1, -0.05) is 79.9 Å². The molecule has 1 aliphatic heterocycles. The molecule has 1 fully saturated rings. The number of hydrogen-bond acceptors (Lipinski definition) is 3. The molecule has 35 heavy (non-hydrogen) atoms. The molecule has 5 nitrogen and oxygen atoms in total. The quantitative estimate of drug-likeness (QED) is 0.380. The molecule has 3 rings (SSSR count). The third-order valence-electron chi connectivity index (χ3n) is 7.01. The second-order valence-corrected chi connectivity index (χ2v) is 10.3. The zero-order chi connectivity index (χ0) is 25.4. The summed E-state index contributed by atoms with van der Waals surface area (Å²) in [6, 6.07) is 17.3. The number of rotatable bonds is 10. The Hall–Kier alpha value is -2.55. The minimum atomic E-state index is -0.565. The van der Waals surface area contributed by atoms with Crippen LogP contribution in [0, 0.1) is 17.2 Å². The number of amides is 2. The van der Waals surface area contributed by atoms with Crippen LogP contribution < -0.4 is 5.32 Å². The number of likely N-dealkylation sites (tertiary alicyclic amines) is 1. The van der Waals surface area contributed by atoms with E-state index in [1.807, 2.05) is 36.4 Å². The van der Waals surface area contributed by atoms with Crippen molar-refractivity contribution in [2.75, 3.05) is 6.54 Å². The van der Waals surface area contributed by atoms with Crippen molar-refractivity contribution in [2.24, 2.45) is 5.92 Å². The van der Waals surface area contributed by atoms with Crippen LogP contribution in [0.4, 0.5) is 0 Å². The molecule has 1 aliphatic rings. The molecule has 0 saturated carbocycles. The second kappa shape index (κ2) is 12.4. The maximum absolute atomic E-state index is 13.0. The van der Waals surface area contributed by atoms with E-state index in [0.717, 1.165) is 24.0 Å². The Balaban J connectivity index is 1.52. The Morgan fingerprint density at radius 2 is 1.89 bits per heavy atom. The molecule has 2 aromatic carbocycles. The number of unbranched alkanes of at least 4 members (excludes halogenated alkanes) is 1. The Morgan fingerprint density at radius 3 is 2.54 bits per heavy atom. The molecular weight excluding hydrogens is 481 g/mol. The molecule has 1 saturated heterocycles. The van der Waals surface area contributed by atoms with Crippen LogP contribution in [0.15, 0.2) is 48.5 Å². The van der Waals surface area contributed by atoms with Crippen molar-refractivity contribution in [2.45, 2.75) is 70.4 Å². The van der Waals surface area contributed by atoms with Crippen molar-refractivity contribution in [1.29, 1.82) is 5.26 Å². The lowest BCUT2D eigenvalue weighted by atomic mass is 9.69. The van der Waals surface area contributed by atoms with E-state index in [1.54, 1.807) is 17.0 Å². The van der Waals surface area contributed by atoms with E-state index in [0.29, 0.717) is 48.8 Å². The summed E-state index contributed by atoms with van der Waals surface area (Å²) < 4.78 is 0. The van der Waals surface area contributed by atoms with Crippen LogP contribution in [-0.2, 0) is 21.5 Å². The Kier molecular flexibility index (Phi) is 9.60. The number of halogens is 2. The van der Waals surface area contributed by atoms with Gasteiger partial charge in [-0.2, -0.15) is 5.26 Å². The van der Waals surface area contributed by atoms with E-state index in [4.69, 9.17) is 23.2 Å². The van der Waals surface area contributed by atoms with Gasteiger partial charge in [-0.05, 0) is 54.9 Å². The smallest absolute Gasteiger partial charge is 0.243 e. The molecule has 1 N–H and O–H groups in total. The number of nitrogens with one attached hydrogen (secondary N) is 1. The number of nitrogens with zero attached hydrogens (tertiary/aromatic N) is 2. The molecule has 7 heteroatoms. The van der Waals surface area contributed by atoms with Gasteiger partial charge in [0.1, 0.15) is 6.04 Å². The predicted octanol–water partition coefficient (Wildman–Crippen LogP) is 6.28. The number of benzene rings is 2. The topological polar surface area (TPSA) is 73.2 Å². The fourth-order valence-corrected chi connectivity index (χ4v) is 5.19. The Morgan fingerprint density at radius 1 is 1.14 bits per heavy atom. The fraction of sp³-hybridized carbons (Fsp3) is 0.464. The highest BCUT2D eigenvalue weighted by Crippen LogP contribution is 2.37. The van der Waals surface area contributed by atoms with Crippen molar-refractivity contribution in [1.82, 2.24) is 10.2 Å². The van der Waals surface area contributed by atoms with Gasteiger partial charge in [-0.3, -0.25) is 9.59 Å². The normalized spacial score (nSPS) is 17.1. The standard InChI is InChI=1S/C28H33Cl2N3O2/c1-20(2)28(19-31,22-9-4-3-5-10-22)15-7-6-12-26(34)33-16-8-11-25(33)27(35)32-18-21-13-14-23(29)24(30)17-21/h3-5,9-10,13-14,17,20,25H,6-8,11-12,15-16,18H2,1-2H3,(H,32,35)/t25-,28?/m1/s1. The van der Waals surface area contributed by atoms with E-state index in [-0.39, 0.29) is 17.7 Å². The molecule has 186 valence electrons. The highest BCUT2D eigenvalue weighted by molar-refractivity contribution is 6.42. The van der Waals surface area contributed by atoms with E-state index in [1.165, 1.54) is 0 Å². The minimum Gasteiger partial charge on any atom is -0.350 e. The van der Waals surface area contributed by atoms with Crippen LogP contribution in [0.3, 0.4) is 0 Å². The first-order valence-electron chi connectivity index (χ1n) is 12.3. The van der Waals surface area contributed by atoms with Gasteiger partial charge in [0.05, 0.1) is 21.5 Å². The van der Waals surface area contributed by atoms with E-state index < -0.39 is 11.5 Å². The summed E-state index contributed by atoms with van der Waals surface area (Å²) in [5.41, 5.74) is 1.32. The summed E-state index contributed by atoms with van der Waals surface area (Å²) in [6.45, 7) is 5.08. The average Bonchev–Trinajstić information content (AvgIpc) is 3.35. The van der Waals surface area contributed by atoms with Gasteiger partial charge in [0.25, 0.3) is 0 Å². The first-order chi connectivity index (χ1) is 16.8. The third kappa shape index (κ3) is 6.57. The van der Waals surface area contributed by atoms with Gasteiger partial charge in [0.15, 0.2) is 0 Å². The average molecular weight is 514 g/mol. The van der Waals surface area contributed by atoms with E-state index in [9.17, 15) is 14.9 Å². The predicted molar refractivity (Wildman–Crippen MR) is 140 cm³/mol. The van der Waals surface area contributed by atoms with Gasteiger partial charge < -0.3 is 10.2 Å². The zero-order valence-electron chi connectivity index (χ0n) is 20.4. The molecule has 0 aliphatic carbocycles. The number of carbonyl (C=O) groups is 2. The molecule has 2 aromatic rings. The summed E-state index contributed by atoms with van der Waals surface area (Å²) in [7, 11) is 0. The maximum Gasteiger partial charge on any atom is 0.243 e. The number of hydrogen-bond donors (Lipinski definition) is 1. The SMILES string of the molecule is CC(C)C(C#N)(CCCCC(=O)N1CCC[C@@H]1C(=O)NCc1ccc(Cl)c(Cl)c1)c1ccccc1. The molecule has 0 aromatic heterocycles. The second-order valence-electron chi connectivity index (χ2n) is 9.52. The van der Waals surface area contributed by atoms with Gasteiger partial charge in [0.2, 0.25) is 11.8 Å². The highest BCUT2D eigenvalue weighted by atomic mass is 35.5. The Labute approximate surface area is 218 Å². The van der Waals surface area contributed by atoms with Gasteiger partial charge >= 0.3 is 0 Å². The molecule has 1 heterocycles.